The number of nitrogens with zero attached hydrogens (tertiary/aromatic N) is 2. The van der Waals surface area contributed by atoms with Crippen LogP contribution in [0.15, 0.2) is 0 Å². The van der Waals surface area contributed by atoms with E-state index in [-0.39, 0.29) is 22.9 Å². The van der Waals surface area contributed by atoms with E-state index in [1.165, 1.54) is 12.8 Å². The molecule has 2 aliphatic heterocycles. The third-order valence-corrected chi connectivity index (χ3v) is 9.01. The molecule has 2 saturated heterocycles. The fourth-order valence-corrected chi connectivity index (χ4v) is 8.59. The largest absolute Gasteiger partial charge is 0.338 e. The highest BCUT2D eigenvalue weighted by molar-refractivity contribution is 5.75. The van der Waals surface area contributed by atoms with Crippen molar-refractivity contribution in [3.8, 4) is 0 Å². The van der Waals surface area contributed by atoms with Gasteiger partial charge in [0.1, 0.15) is 0 Å². The molecule has 0 unspecified atom stereocenters. The topological polar surface area (TPSA) is 64.7 Å². The van der Waals surface area contributed by atoms with E-state index in [2.05, 4.69) is 62.0 Å². The highest BCUT2D eigenvalue weighted by Gasteiger charge is 2.52. The van der Waals surface area contributed by atoms with Crippen molar-refractivity contribution < 1.29 is 9.59 Å². The highest BCUT2D eigenvalue weighted by atomic mass is 16.2. The molecule has 6 heteroatoms. The maximum atomic E-state index is 12.8. The molecule has 194 valence electrons. The number of nitrogens with one attached hydrogen (secondary N) is 2. The molecule has 4 amide bonds. The second-order valence-electron chi connectivity index (χ2n) is 14.6. The first-order chi connectivity index (χ1) is 15.8. The van der Waals surface area contributed by atoms with E-state index < -0.39 is 0 Å². The van der Waals surface area contributed by atoms with Gasteiger partial charge in [-0.3, -0.25) is 0 Å². The summed E-state index contributed by atoms with van der Waals surface area (Å²) in [6, 6.07) is 1.07. The molecule has 4 rings (SSSR count). The SMILES string of the molecule is CC1(C)C[C@@H]2C[C@@](C)(CN2C(=O)NCCCCCCNC(=O)N2C[C@]3(C)C[C@@H]2CC(C)(C)C3)C1. The van der Waals surface area contributed by atoms with E-state index in [1.807, 2.05) is 0 Å². The number of hydrogen-bond acceptors (Lipinski definition) is 2. The number of amides is 4. The van der Waals surface area contributed by atoms with Crippen LogP contribution in [0.4, 0.5) is 9.59 Å². The molecule has 34 heavy (non-hydrogen) atoms. The Bertz CT molecular complexity index is 716. The zero-order valence-electron chi connectivity index (χ0n) is 22.8. The third kappa shape index (κ3) is 5.84. The number of carbonyl (C=O) groups is 2. The average molecular weight is 475 g/mol. The Morgan fingerprint density at radius 1 is 0.647 bits per heavy atom. The van der Waals surface area contributed by atoms with E-state index in [0.717, 1.165) is 77.5 Å². The van der Waals surface area contributed by atoms with Crippen molar-refractivity contribution in [1.29, 1.82) is 0 Å². The van der Waals surface area contributed by atoms with Crippen molar-refractivity contribution in [3.05, 3.63) is 0 Å². The third-order valence-electron chi connectivity index (χ3n) is 9.01. The van der Waals surface area contributed by atoms with Gasteiger partial charge in [-0.05, 0) is 73.0 Å². The average Bonchev–Trinajstić information content (AvgIpc) is 3.10. The molecule has 0 spiro atoms. The summed E-state index contributed by atoms with van der Waals surface area (Å²) in [5.74, 6) is 0. The lowest BCUT2D eigenvalue weighted by molar-refractivity contribution is 0.128. The molecule has 2 aliphatic carbocycles. The van der Waals surface area contributed by atoms with Gasteiger partial charge in [0.05, 0.1) is 0 Å². The Balaban J connectivity index is 1.07. The lowest BCUT2D eigenvalue weighted by atomic mass is 9.65. The Morgan fingerprint density at radius 2 is 1.03 bits per heavy atom. The summed E-state index contributed by atoms with van der Waals surface area (Å²) in [7, 11) is 0. The van der Waals surface area contributed by atoms with Crippen molar-refractivity contribution in [2.24, 2.45) is 21.7 Å². The normalized spacial score (nSPS) is 35.4. The number of rotatable bonds is 7. The number of unbranched alkanes of at least 4 members (excludes halogenated alkanes) is 3. The first-order valence-corrected chi connectivity index (χ1v) is 13.9. The quantitative estimate of drug-likeness (QED) is 0.460. The van der Waals surface area contributed by atoms with E-state index in [9.17, 15) is 9.59 Å². The van der Waals surface area contributed by atoms with Crippen molar-refractivity contribution >= 4 is 12.1 Å². The van der Waals surface area contributed by atoms with Gasteiger partial charge in [-0.1, -0.05) is 54.4 Å². The predicted octanol–water partition coefficient (Wildman–Crippen LogP) is 5.77. The van der Waals surface area contributed by atoms with Crippen LogP contribution >= 0.6 is 0 Å². The summed E-state index contributed by atoms with van der Waals surface area (Å²) in [6.45, 7) is 17.4. The van der Waals surface area contributed by atoms with Gasteiger partial charge in [-0.2, -0.15) is 0 Å². The van der Waals surface area contributed by atoms with Crippen LogP contribution in [0.5, 0.6) is 0 Å². The molecule has 6 nitrogen and oxygen atoms in total. The summed E-state index contributed by atoms with van der Waals surface area (Å²) in [5, 5.41) is 6.34. The minimum atomic E-state index is 0.131. The second kappa shape index (κ2) is 9.20. The van der Waals surface area contributed by atoms with Gasteiger partial charge in [0, 0.05) is 38.3 Å². The standard InChI is InChI=1S/C28H50N4O2/c1-25(2)13-21-15-27(5,17-25)19-31(21)23(33)29-11-9-7-8-10-12-30-24(34)32-20-28(6)16-22(32)14-26(3,4)18-28/h21-22H,7-20H2,1-6H3,(H,29,33)(H,30,34)/t21-,22+,27-,28-/m1/s1. The Kier molecular flexibility index (Phi) is 6.94. The van der Waals surface area contributed by atoms with Gasteiger partial charge < -0.3 is 20.4 Å². The Morgan fingerprint density at radius 3 is 1.41 bits per heavy atom. The van der Waals surface area contributed by atoms with Crippen LogP contribution in [-0.4, -0.2) is 60.1 Å². The summed E-state index contributed by atoms with van der Waals surface area (Å²) in [4.78, 5) is 29.8. The van der Waals surface area contributed by atoms with Crippen LogP contribution in [0.25, 0.3) is 0 Å². The summed E-state index contributed by atoms with van der Waals surface area (Å²) >= 11 is 0. The summed E-state index contributed by atoms with van der Waals surface area (Å²) in [5.41, 5.74) is 1.25. The molecule has 2 saturated carbocycles. The molecule has 0 radical (unpaired) electrons. The molecule has 0 aromatic heterocycles. The first kappa shape index (κ1) is 25.6. The van der Waals surface area contributed by atoms with Crippen molar-refractivity contribution in [3.63, 3.8) is 0 Å². The van der Waals surface area contributed by atoms with Crippen LogP contribution in [0.2, 0.25) is 0 Å². The minimum absolute atomic E-state index is 0.131. The van der Waals surface area contributed by atoms with Crippen LogP contribution < -0.4 is 10.6 Å². The van der Waals surface area contributed by atoms with Crippen LogP contribution in [0.3, 0.4) is 0 Å². The second-order valence-corrected chi connectivity index (χ2v) is 14.6. The number of carbonyl (C=O) groups excluding carboxylic acids is 2. The van der Waals surface area contributed by atoms with Gasteiger partial charge in [-0.15, -0.1) is 0 Å². The lowest BCUT2D eigenvalue weighted by Crippen LogP contribution is -2.44. The van der Waals surface area contributed by atoms with Crippen molar-refractivity contribution in [2.75, 3.05) is 26.2 Å². The smallest absolute Gasteiger partial charge is 0.317 e. The molecule has 0 aromatic rings. The van der Waals surface area contributed by atoms with Crippen molar-refractivity contribution in [1.82, 2.24) is 20.4 Å². The summed E-state index contributed by atoms with van der Waals surface area (Å²) in [6.07, 6.45) is 11.2. The van der Waals surface area contributed by atoms with Gasteiger partial charge in [0.15, 0.2) is 0 Å². The minimum Gasteiger partial charge on any atom is -0.338 e. The lowest BCUT2D eigenvalue weighted by Gasteiger charge is -2.39. The molecule has 2 N–H and O–H groups in total. The molecule has 4 bridgehead atoms. The van der Waals surface area contributed by atoms with E-state index >= 15 is 0 Å². The molecular formula is C28H50N4O2. The molecular weight excluding hydrogens is 424 g/mol. The van der Waals surface area contributed by atoms with E-state index in [4.69, 9.17) is 0 Å². The van der Waals surface area contributed by atoms with Gasteiger partial charge in [0.25, 0.3) is 0 Å². The molecule has 2 heterocycles. The van der Waals surface area contributed by atoms with Gasteiger partial charge >= 0.3 is 12.1 Å². The fraction of sp³-hybridized carbons (Fsp3) is 0.929. The number of urea groups is 2. The van der Waals surface area contributed by atoms with Crippen LogP contribution in [0, 0.1) is 21.7 Å². The predicted molar refractivity (Wildman–Crippen MR) is 138 cm³/mol. The fourth-order valence-electron chi connectivity index (χ4n) is 8.59. The van der Waals surface area contributed by atoms with Crippen molar-refractivity contribution in [2.45, 2.75) is 118 Å². The van der Waals surface area contributed by atoms with E-state index in [0.29, 0.717) is 22.9 Å². The molecule has 4 atom stereocenters. The number of hydrogen-bond donors (Lipinski definition) is 2. The van der Waals surface area contributed by atoms with E-state index in [1.54, 1.807) is 0 Å². The number of likely N-dealkylation sites (tertiary alicyclic amines) is 2. The zero-order chi connectivity index (χ0) is 24.8. The number of fused-ring (bicyclic) bond motifs is 4. The zero-order valence-corrected chi connectivity index (χ0v) is 22.8. The molecule has 4 fully saturated rings. The van der Waals surface area contributed by atoms with Gasteiger partial charge in [-0.25, -0.2) is 9.59 Å². The van der Waals surface area contributed by atoms with Crippen LogP contribution in [0.1, 0.15) is 106 Å². The maximum Gasteiger partial charge on any atom is 0.317 e. The monoisotopic (exact) mass is 474 g/mol. The Labute approximate surface area is 208 Å². The maximum absolute atomic E-state index is 12.8. The van der Waals surface area contributed by atoms with Gasteiger partial charge in [0.2, 0.25) is 0 Å². The summed E-state index contributed by atoms with van der Waals surface area (Å²) < 4.78 is 0. The first-order valence-electron chi connectivity index (χ1n) is 13.9. The molecule has 0 aromatic carbocycles. The molecule has 4 aliphatic rings. The Hall–Kier alpha value is -1.46. The highest BCUT2D eigenvalue weighted by Crippen LogP contribution is 2.53. The van der Waals surface area contributed by atoms with Crippen LogP contribution in [-0.2, 0) is 0 Å².